The summed E-state index contributed by atoms with van der Waals surface area (Å²) in [7, 11) is 0. The molecule has 2 fully saturated rings. The number of imidazole rings is 1. The van der Waals surface area contributed by atoms with Crippen LogP contribution < -0.4 is 5.32 Å². The Labute approximate surface area is 120 Å². The Morgan fingerprint density at radius 2 is 2.25 bits per heavy atom. The van der Waals surface area contributed by atoms with Crippen molar-refractivity contribution in [3.8, 4) is 0 Å². The second kappa shape index (κ2) is 6.39. The van der Waals surface area contributed by atoms with E-state index in [4.69, 9.17) is 0 Å². The van der Waals surface area contributed by atoms with Gasteiger partial charge in [0.05, 0.1) is 6.33 Å². The maximum Gasteiger partial charge on any atom is 0.224 e. The number of nitrogens with one attached hydrogen (secondary N) is 1. The van der Waals surface area contributed by atoms with Crippen molar-refractivity contribution in [3.05, 3.63) is 18.7 Å². The Bertz CT molecular complexity index is 421. The first-order valence-corrected chi connectivity index (χ1v) is 7.81. The number of hydrogen-bond acceptors (Lipinski definition) is 3. The number of aromatic nitrogens is 2. The van der Waals surface area contributed by atoms with Gasteiger partial charge in [-0.25, -0.2) is 4.98 Å². The molecule has 1 aliphatic heterocycles. The lowest BCUT2D eigenvalue weighted by atomic mass is 10.0. The molecule has 0 bridgehead atoms. The van der Waals surface area contributed by atoms with Gasteiger partial charge in [-0.1, -0.05) is 6.42 Å². The van der Waals surface area contributed by atoms with E-state index in [9.17, 15) is 4.79 Å². The molecule has 1 saturated carbocycles. The first-order chi connectivity index (χ1) is 9.83. The molecule has 1 unspecified atom stereocenters. The largest absolute Gasteiger partial charge is 0.338 e. The SMILES string of the molecule is O=C(CCn1ccnc1)N(CC1CCCCN1)C1CC1. The first-order valence-electron chi connectivity index (χ1n) is 7.81. The minimum Gasteiger partial charge on any atom is -0.338 e. The minimum atomic E-state index is 0.300. The van der Waals surface area contributed by atoms with E-state index in [1.807, 2.05) is 10.8 Å². The van der Waals surface area contributed by atoms with Gasteiger partial charge in [-0.3, -0.25) is 4.79 Å². The van der Waals surface area contributed by atoms with Crippen molar-refractivity contribution in [1.29, 1.82) is 0 Å². The second-order valence-corrected chi connectivity index (χ2v) is 5.97. The van der Waals surface area contributed by atoms with Crippen LogP contribution in [0.25, 0.3) is 0 Å². The fourth-order valence-electron chi connectivity index (χ4n) is 2.95. The van der Waals surface area contributed by atoms with E-state index in [1.165, 1.54) is 32.1 Å². The molecule has 1 aromatic heterocycles. The summed E-state index contributed by atoms with van der Waals surface area (Å²) in [4.78, 5) is 18.6. The van der Waals surface area contributed by atoms with Crippen molar-refractivity contribution in [2.75, 3.05) is 13.1 Å². The van der Waals surface area contributed by atoms with Gasteiger partial charge in [-0.15, -0.1) is 0 Å². The van der Waals surface area contributed by atoms with Gasteiger partial charge in [0.2, 0.25) is 5.91 Å². The van der Waals surface area contributed by atoms with E-state index >= 15 is 0 Å². The summed E-state index contributed by atoms with van der Waals surface area (Å²) in [6, 6.07) is 1.01. The maximum atomic E-state index is 12.5. The van der Waals surface area contributed by atoms with E-state index in [-0.39, 0.29) is 0 Å². The lowest BCUT2D eigenvalue weighted by Crippen LogP contribution is -2.46. The molecule has 5 heteroatoms. The van der Waals surface area contributed by atoms with Gasteiger partial charge in [-0.2, -0.15) is 0 Å². The molecule has 2 heterocycles. The fourth-order valence-corrected chi connectivity index (χ4v) is 2.95. The number of hydrogen-bond donors (Lipinski definition) is 1. The quantitative estimate of drug-likeness (QED) is 0.854. The van der Waals surface area contributed by atoms with Gasteiger partial charge in [0.15, 0.2) is 0 Å². The number of piperidine rings is 1. The lowest BCUT2D eigenvalue weighted by molar-refractivity contribution is -0.132. The molecule has 1 aliphatic carbocycles. The van der Waals surface area contributed by atoms with Gasteiger partial charge < -0.3 is 14.8 Å². The Hall–Kier alpha value is -1.36. The molecule has 0 aromatic carbocycles. The third kappa shape index (κ3) is 3.60. The Morgan fingerprint density at radius 1 is 1.35 bits per heavy atom. The van der Waals surface area contributed by atoms with E-state index in [2.05, 4.69) is 15.2 Å². The summed E-state index contributed by atoms with van der Waals surface area (Å²) < 4.78 is 1.97. The van der Waals surface area contributed by atoms with Gasteiger partial charge in [0.25, 0.3) is 0 Å². The predicted molar refractivity (Wildman–Crippen MR) is 77.2 cm³/mol. The molecule has 1 saturated heterocycles. The number of amides is 1. The highest BCUT2D eigenvalue weighted by Gasteiger charge is 2.33. The van der Waals surface area contributed by atoms with Crippen molar-refractivity contribution >= 4 is 5.91 Å². The standard InChI is InChI=1S/C15H24N4O/c20-15(6-9-18-10-8-16-12-18)19(14-4-5-14)11-13-3-1-2-7-17-13/h8,10,12-14,17H,1-7,9,11H2. The topological polar surface area (TPSA) is 50.2 Å². The van der Waals surface area contributed by atoms with Gasteiger partial charge in [-0.05, 0) is 32.2 Å². The summed E-state index contributed by atoms with van der Waals surface area (Å²) in [5.74, 6) is 0.300. The van der Waals surface area contributed by atoms with Crippen molar-refractivity contribution < 1.29 is 4.79 Å². The van der Waals surface area contributed by atoms with Crippen molar-refractivity contribution in [1.82, 2.24) is 19.8 Å². The van der Waals surface area contributed by atoms with Crippen molar-refractivity contribution in [2.24, 2.45) is 0 Å². The molecular formula is C15H24N4O. The molecule has 5 nitrogen and oxygen atoms in total. The molecule has 110 valence electrons. The molecule has 3 rings (SSSR count). The summed E-state index contributed by atoms with van der Waals surface area (Å²) in [5, 5.41) is 3.55. The summed E-state index contributed by atoms with van der Waals surface area (Å²) in [6.07, 6.45) is 12.2. The van der Waals surface area contributed by atoms with E-state index in [0.717, 1.165) is 19.6 Å². The van der Waals surface area contributed by atoms with Crippen LogP contribution in [0.5, 0.6) is 0 Å². The number of aryl methyl sites for hydroxylation is 1. The van der Waals surface area contributed by atoms with Gasteiger partial charge >= 0.3 is 0 Å². The van der Waals surface area contributed by atoms with E-state index in [0.29, 0.717) is 24.4 Å². The van der Waals surface area contributed by atoms with Crippen molar-refractivity contribution in [2.45, 2.75) is 57.2 Å². The smallest absolute Gasteiger partial charge is 0.224 e. The van der Waals surface area contributed by atoms with E-state index in [1.54, 1.807) is 12.5 Å². The van der Waals surface area contributed by atoms with Crippen LogP contribution in [-0.4, -0.2) is 45.5 Å². The predicted octanol–water partition coefficient (Wildman–Crippen LogP) is 1.41. The van der Waals surface area contributed by atoms with E-state index < -0.39 is 0 Å². The van der Waals surface area contributed by atoms with Crippen LogP contribution in [0, 0.1) is 0 Å². The monoisotopic (exact) mass is 276 g/mol. The summed E-state index contributed by atoms with van der Waals surface area (Å²) in [6.45, 7) is 2.74. The van der Waals surface area contributed by atoms with Crippen LogP contribution in [0.3, 0.4) is 0 Å². The van der Waals surface area contributed by atoms with Crippen LogP contribution >= 0.6 is 0 Å². The molecule has 1 N–H and O–H groups in total. The van der Waals surface area contributed by atoms with Crippen LogP contribution in [0.4, 0.5) is 0 Å². The summed E-state index contributed by atoms with van der Waals surface area (Å²) in [5.41, 5.74) is 0. The third-order valence-electron chi connectivity index (χ3n) is 4.28. The fraction of sp³-hybridized carbons (Fsp3) is 0.733. The Kier molecular flexibility index (Phi) is 4.35. The van der Waals surface area contributed by atoms with Gasteiger partial charge in [0.1, 0.15) is 0 Å². The average molecular weight is 276 g/mol. The molecule has 2 aliphatic rings. The average Bonchev–Trinajstić information content (AvgIpc) is 3.19. The van der Waals surface area contributed by atoms with Crippen LogP contribution in [0.15, 0.2) is 18.7 Å². The molecule has 0 spiro atoms. The zero-order chi connectivity index (χ0) is 13.8. The highest BCUT2D eigenvalue weighted by atomic mass is 16.2. The summed E-state index contributed by atoms with van der Waals surface area (Å²) >= 11 is 0. The molecule has 1 atom stereocenters. The van der Waals surface area contributed by atoms with Gasteiger partial charge in [0, 0.05) is 44.0 Å². The third-order valence-corrected chi connectivity index (χ3v) is 4.28. The van der Waals surface area contributed by atoms with Crippen LogP contribution in [-0.2, 0) is 11.3 Å². The number of carbonyl (C=O) groups is 1. The molecule has 20 heavy (non-hydrogen) atoms. The Balaban J connectivity index is 1.51. The number of carbonyl (C=O) groups excluding carboxylic acids is 1. The molecule has 0 radical (unpaired) electrons. The molecular weight excluding hydrogens is 252 g/mol. The minimum absolute atomic E-state index is 0.300. The normalized spacial score (nSPS) is 22.7. The first kappa shape index (κ1) is 13.6. The highest BCUT2D eigenvalue weighted by Crippen LogP contribution is 2.28. The number of rotatable bonds is 6. The highest BCUT2D eigenvalue weighted by molar-refractivity contribution is 5.76. The zero-order valence-corrected chi connectivity index (χ0v) is 12.0. The lowest BCUT2D eigenvalue weighted by Gasteiger charge is -2.31. The number of nitrogens with zero attached hydrogens (tertiary/aromatic N) is 3. The molecule has 1 aromatic rings. The second-order valence-electron chi connectivity index (χ2n) is 5.97. The van der Waals surface area contributed by atoms with Crippen LogP contribution in [0.1, 0.15) is 38.5 Å². The van der Waals surface area contributed by atoms with Crippen molar-refractivity contribution in [3.63, 3.8) is 0 Å². The zero-order valence-electron chi connectivity index (χ0n) is 12.0. The Morgan fingerprint density at radius 3 is 2.90 bits per heavy atom. The molecule has 1 amide bonds. The maximum absolute atomic E-state index is 12.5. The van der Waals surface area contributed by atoms with Crippen LogP contribution in [0.2, 0.25) is 0 Å².